The number of hydrogen-bond acceptors (Lipinski definition) is 4. The van der Waals surface area contributed by atoms with Crippen LogP contribution in [-0.2, 0) is 0 Å². The first-order valence-electron chi connectivity index (χ1n) is 5.86. The van der Waals surface area contributed by atoms with Crippen LogP contribution in [0.25, 0.3) is 11.5 Å². The fourth-order valence-electron chi connectivity index (χ4n) is 1.54. The molecule has 4 heteroatoms. The van der Waals surface area contributed by atoms with Crippen LogP contribution in [0.3, 0.4) is 0 Å². The highest BCUT2D eigenvalue weighted by Gasteiger charge is 2.12. The number of hydrogen-bond donors (Lipinski definition) is 1. The van der Waals surface area contributed by atoms with Gasteiger partial charge in [-0.3, -0.25) is 0 Å². The Bertz CT molecular complexity index is 463. The highest BCUT2D eigenvalue weighted by Crippen LogP contribution is 2.28. The van der Waals surface area contributed by atoms with E-state index >= 15 is 0 Å². The SMILES string of the molecule is CC.CC(C)c1ccccc1-c1nnc(N)o1. The van der Waals surface area contributed by atoms with E-state index in [1.54, 1.807) is 0 Å². The van der Waals surface area contributed by atoms with Crippen LogP contribution >= 0.6 is 0 Å². The summed E-state index contributed by atoms with van der Waals surface area (Å²) in [5, 5.41) is 7.54. The van der Waals surface area contributed by atoms with Gasteiger partial charge in [0.15, 0.2) is 0 Å². The molecule has 0 atom stereocenters. The van der Waals surface area contributed by atoms with E-state index in [4.69, 9.17) is 10.2 Å². The molecule has 0 unspecified atom stereocenters. The Kier molecular flexibility index (Phi) is 4.69. The normalized spacial score (nSPS) is 9.94. The molecule has 0 bridgehead atoms. The van der Waals surface area contributed by atoms with Crippen molar-refractivity contribution in [3.05, 3.63) is 29.8 Å². The van der Waals surface area contributed by atoms with Gasteiger partial charge in [-0.25, -0.2) is 0 Å². The molecule has 0 aliphatic carbocycles. The quantitative estimate of drug-likeness (QED) is 0.862. The van der Waals surface area contributed by atoms with Gasteiger partial charge in [-0.2, -0.15) is 0 Å². The zero-order valence-electron chi connectivity index (χ0n) is 10.8. The van der Waals surface area contributed by atoms with E-state index in [-0.39, 0.29) is 6.01 Å². The Hall–Kier alpha value is -1.84. The van der Waals surface area contributed by atoms with Crippen LogP contribution in [0.5, 0.6) is 0 Å². The standard InChI is InChI=1S/C11H13N3O.C2H6/c1-7(2)8-5-3-4-6-9(8)10-13-14-11(12)15-10;1-2/h3-7H,1-2H3,(H2,12,14);1-2H3. The molecule has 1 aromatic carbocycles. The molecule has 17 heavy (non-hydrogen) atoms. The van der Waals surface area contributed by atoms with Gasteiger partial charge in [0.1, 0.15) is 0 Å². The molecule has 0 radical (unpaired) electrons. The fraction of sp³-hybridized carbons (Fsp3) is 0.385. The lowest BCUT2D eigenvalue weighted by molar-refractivity contribution is 0.588. The molecule has 92 valence electrons. The van der Waals surface area contributed by atoms with Crippen molar-refractivity contribution in [1.29, 1.82) is 0 Å². The summed E-state index contributed by atoms with van der Waals surface area (Å²) in [7, 11) is 0. The molecule has 0 saturated carbocycles. The van der Waals surface area contributed by atoms with Crippen molar-refractivity contribution < 1.29 is 4.42 Å². The lowest BCUT2D eigenvalue weighted by atomic mass is 9.97. The number of aromatic nitrogens is 2. The van der Waals surface area contributed by atoms with E-state index in [1.807, 2.05) is 32.0 Å². The van der Waals surface area contributed by atoms with E-state index in [0.717, 1.165) is 5.56 Å². The van der Waals surface area contributed by atoms with Crippen LogP contribution in [-0.4, -0.2) is 10.2 Å². The maximum absolute atomic E-state index is 5.40. The molecular weight excluding hydrogens is 214 g/mol. The predicted molar refractivity (Wildman–Crippen MR) is 69.6 cm³/mol. The second kappa shape index (κ2) is 6.03. The first-order chi connectivity index (χ1) is 8.18. The lowest BCUT2D eigenvalue weighted by Gasteiger charge is -2.08. The fourth-order valence-corrected chi connectivity index (χ4v) is 1.54. The topological polar surface area (TPSA) is 64.9 Å². The number of benzene rings is 1. The maximum atomic E-state index is 5.40. The first kappa shape index (κ1) is 13.2. The van der Waals surface area contributed by atoms with E-state index in [0.29, 0.717) is 11.8 Å². The summed E-state index contributed by atoms with van der Waals surface area (Å²) in [5.41, 5.74) is 7.54. The molecule has 4 nitrogen and oxygen atoms in total. The molecular formula is C13H19N3O. The number of anilines is 1. The van der Waals surface area contributed by atoms with Crippen molar-refractivity contribution in [2.45, 2.75) is 33.6 Å². The van der Waals surface area contributed by atoms with Gasteiger partial charge < -0.3 is 10.2 Å². The van der Waals surface area contributed by atoms with Gasteiger partial charge in [0.2, 0.25) is 5.89 Å². The molecule has 0 fully saturated rings. The third kappa shape index (κ3) is 3.06. The lowest BCUT2D eigenvalue weighted by Crippen LogP contribution is -1.91. The zero-order chi connectivity index (χ0) is 12.8. The molecule has 0 aliphatic heterocycles. The van der Waals surface area contributed by atoms with Crippen molar-refractivity contribution in [2.75, 3.05) is 5.73 Å². The molecule has 2 N–H and O–H groups in total. The maximum Gasteiger partial charge on any atom is 0.313 e. The first-order valence-corrected chi connectivity index (χ1v) is 5.86. The summed E-state index contributed by atoms with van der Waals surface area (Å²) in [4.78, 5) is 0. The average Bonchev–Trinajstić information content (AvgIpc) is 2.78. The van der Waals surface area contributed by atoms with Gasteiger partial charge in [-0.05, 0) is 17.5 Å². The summed E-state index contributed by atoms with van der Waals surface area (Å²) in [6.07, 6.45) is 0. The summed E-state index contributed by atoms with van der Waals surface area (Å²) < 4.78 is 5.22. The predicted octanol–water partition coefficient (Wildman–Crippen LogP) is 3.47. The van der Waals surface area contributed by atoms with E-state index in [2.05, 4.69) is 30.1 Å². The molecule has 1 aromatic heterocycles. The summed E-state index contributed by atoms with van der Waals surface area (Å²) >= 11 is 0. The van der Waals surface area contributed by atoms with Gasteiger partial charge in [0.25, 0.3) is 0 Å². The van der Waals surface area contributed by atoms with Gasteiger partial charge >= 0.3 is 6.01 Å². The van der Waals surface area contributed by atoms with E-state index in [1.165, 1.54) is 5.56 Å². The number of nitrogens with two attached hydrogens (primary N) is 1. The Morgan fingerprint density at radius 2 is 1.76 bits per heavy atom. The van der Waals surface area contributed by atoms with Gasteiger partial charge in [-0.1, -0.05) is 51.0 Å². The van der Waals surface area contributed by atoms with Crippen LogP contribution < -0.4 is 5.73 Å². The largest absolute Gasteiger partial charge is 0.404 e. The summed E-state index contributed by atoms with van der Waals surface area (Å²) in [6.45, 7) is 8.25. The molecule has 1 heterocycles. The Morgan fingerprint density at radius 3 is 2.29 bits per heavy atom. The minimum absolute atomic E-state index is 0.101. The van der Waals surface area contributed by atoms with Crippen LogP contribution in [0.15, 0.2) is 28.7 Å². The van der Waals surface area contributed by atoms with Crippen LogP contribution in [0.1, 0.15) is 39.2 Å². The molecule has 0 aliphatic rings. The highest BCUT2D eigenvalue weighted by molar-refractivity contribution is 5.59. The molecule has 0 spiro atoms. The van der Waals surface area contributed by atoms with Crippen LogP contribution in [0, 0.1) is 0 Å². The average molecular weight is 233 g/mol. The molecule has 0 amide bonds. The second-order valence-corrected chi connectivity index (χ2v) is 3.69. The van der Waals surface area contributed by atoms with Crippen LogP contribution in [0.2, 0.25) is 0 Å². The monoisotopic (exact) mass is 233 g/mol. The Balaban J connectivity index is 0.000000686. The number of nitrogens with zero attached hydrogens (tertiary/aromatic N) is 2. The third-order valence-corrected chi connectivity index (χ3v) is 2.25. The second-order valence-electron chi connectivity index (χ2n) is 3.69. The summed E-state index contributed by atoms with van der Waals surface area (Å²) in [6, 6.07) is 8.06. The number of nitrogen functional groups attached to an aromatic ring is 1. The van der Waals surface area contributed by atoms with E-state index < -0.39 is 0 Å². The molecule has 2 aromatic rings. The van der Waals surface area contributed by atoms with Gasteiger partial charge in [0, 0.05) is 5.56 Å². The van der Waals surface area contributed by atoms with Crippen molar-refractivity contribution in [1.82, 2.24) is 10.2 Å². The third-order valence-electron chi connectivity index (χ3n) is 2.25. The summed E-state index contributed by atoms with van der Waals surface area (Å²) in [5.74, 6) is 0.895. The zero-order valence-corrected chi connectivity index (χ0v) is 10.8. The van der Waals surface area contributed by atoms with Gasteiger partial charge in [0.05, 0.1) is 0 Å². The molecule has 2 rings (SSSR count). The van der Waals surface area contributed by atoms with Crippen LogP contribution in [0.4, 0.5) is 6.01 Å². The van der Waals surface area contributed by atoms with Crippen molar-refractivity contribution >= 4 is 6.01 Å². The smallest absolute Gasteiger partial charge is 0.313 e. The minimum Gasteiger partial charge on any atom is -0.404 e. The highest BCUT2D eigenvalue weighted by atomic mass is 16.4. The van der Waals surface area contributed by atoms with Gasteiger partial charge in [-0.15, -0.1) is 5.10 Å². The van der Waals surface area contributed by atoms with Crippen molar-refractivity contribution in [3.8, 4) is 11.5 Å². The Labute approximate surface area is 102 Å². The van der Waals surface area contributed by atoms with Crippen molar-refractivity contribution in [2.24, 2.45) is 0 Å². The Morgan fingerprint density at radius 1 is 1.12 bits per heavy atom. The van der Waals surface area contributed by atoms with Crippen molar-refractivity contribution in [3.63, 3.8) is 0 Å². The molecule has 0 saturated heterocycles. The minimum atomic E-state index is 0.101. The van der Waals surface area contributed by atoms with E-state index in [9.17, 15) is 0 Å². The number of rotatable bonds is 2.